The zero-order chi connectivity index (χ0) is 20.7. The van der Waals surface area contributed by atoms with Crippen LogP contribution in [-0.4, -0.2) is 40.6 Å². The Balaban J connectivity index is 2.97. The second-order valence-electron chi connectivity index (χ2n) is 10.1. The molecule has 6 nitrogen and oxygen atoms in total. The third-order valence-electron chi connectivity index (χ3n) is 5.87. The first kappa shape index (κ1) is 22.9. The van der Waals surface area contributed by atoms with E-state index in [1.54, 1.807) is 0 Å². The number of rotatable bonds is 4. The van der Waals surface area contributed by atoms with E-state index in [0.29, 0.717) is 0 Å². The maximum Gasteiger partial charge on any atom is 0.335 e. The molecule has 1 saturated heterocycles. The molecule has 0 N–H and O–H groups in total. The largest absolute Gasteiger partial charge is 0.519 e. The van der Waals surface area contributed by atoms with E-state index in [2.05, 4.69) is 0 Å². The van der Waals surface area contributed by atoms with Crippen molar-refractivity contribution in [1.82, 2.24) is 0 Å². The van der Waals surface area contributed by atoms with Crippen molar-refractivity contribution in [3.8, 4) is 0 Å². The second kappa shape index (κ2) is 7.11. The number of carbonyl (C=O) groups excluding carboxylic acids is 3. The van der Waals surface area contributed by atoms with Gasteiger partial charge in [-0.25, -0.2) is 4.79 Å². The summed E-state index contributed by atoms with van der Waals surface area (Å²) in [5, 5.41) is -0.342. The summed E-state index contributed by atoms with van der Waals surface area (Å²) in [6.07, 6.45) is -1.36. The van der Waals surface area contributed by atoms with Gasteiger partial charge in [0.1, 0.15) is 5.92 Å². The number of carbonyl (C=O) groups is 3. The van der Waals surface area contributed by atoms with E-state index < -0.39 is 46.6 Å². The summed E-state index contributed by atoms with van der Waals surface area (Å²) >= 11 is 0. The summed E-state index contributed by atoms with van der Waals surface area (Å²) in [6, 6.07) is 0. The molecule has 8 heteroatoms. The molecule has 2 unspecified atom stereocenters. The van der Waals surface area contributed by atoms with E-state index >= 15 is 0 Å². The Morgan fingerprint density at radius 1 is 0.885 bits per heavy atom. The topological polar surface area (TPSA) is 78.9 Å². The summed E-state index contributed by atoms with van der Waals surface area (Å²) < 4.78 is 16.7. The van der Waals surface area contributed by atoms with E-state index in [1.165, 1.54) is 0 Å². The Morgan fingerprint density at radius 2 is 1.27 bits per heavy atom. The van der Waals surface area contributed by atoms with Gasteiger partial charge in [0.25, 0.3) is 16.6 Å². The van der Waals surface area contributed by atoms with Crippen LogP contribution in [0.1, 0.15) is 48.0 Å². The van der Waals surface area contributed by atoms with Gasteiger partial charge in [-0.05, 0) is 36.3 Å². The number of hydrogen-bond donors (Lipinski definition) is 0. The first-order chi connectivity index (χ1) is 11.4. The fraction of sp³-hybridized carbons (Fsp3) is 0.833. The third kappa shape index (κ3) is 4.97. The van der Waals surface area contributed by atoms with Gasteiger partial charge in [-0.3, -0.25) is 9.59 Å². The zero-order valence-corrected chi connectivity index (χ0v) is 19.8. The second-order valence-corrected chi connectivity index (χ2v) is 19.5. The number of hydrogen-bond acceptors (Lipinski definition) is 6. The Labute approximate surface area is 159 Å². The summed E-state index contributed by atoms with van der Waals surface area (Å²) in [7, 11) is -4.74. The van der Waals surface area contributed by atoms with Crippen LogP contribution in [-0.2, 0) is 28.0 Å². The maximum atomic E-state index is 12.7. The van der Waals surface area contributed by atoms with E-state index in [0.717, 1.165) is 0 Å². The molecule has 1 heterocycles. The maximum absolute atomic E-state index is 12.7. The van der Waals surface area contributed by atoms with Gasteiger partial charge in [-0.1, -0.05) is 41.5 Å². The highest BCUT2D eigenvalue weighted by molar-refractivity contribution is 6.76. The molecular weight excluding hydrogens is 368 g/mol. The summed E-state index contributed by atoms with van der Waals surface area (Å²) in [5.41, 5.74) is 0. The minimum atomic E-state index is -2.38. The molecule has 0 aliphatic carbocycles. The fourth-order valence-electron chi connectivity index (χ4n) is 1.92. The van der Waals surface area contributed by atoms with E-state index in [9.17, 15) is 14.4 Å². The SMILES string of the molecule is CC(C)(C)[Si](C)(C)OC(=O)C1CC(=O)OC1C(=O)O[Si](C)(C)C(C)(C)C. The normalized spacial score (nSPS) is 22.0. The smallest absolute Gasteiger partial charge is 0.335 e. The van der Waals surface area contributed by atoms with Gasteiger partial charge in [0.15, 0.2) is 0 Å². The minimum absolute atomic E-state index is 0.148. The van der Waals surface area contributed by atoms with Gasteiger partial charge in [-0.2, -0.15) is 0 Å². The van der Waals surface area contributed by atoms with E-state index in [1.807, 2.05) is 67.7 Å². The van der Waals surface area contributed by atoms with Crippen LogP contribution >= 0.6 is 0 Å². The molecule has 150 valence electrons. The van der Waals surface area contributed by atoms with Gasteiger partial charge in [0.2, 0.25) is 6.10 Å². The van der Waals surface area contributed by atoms with Crippen LogP contribution in [0.25, 0.3) is 0 Å². The molecule has 0 bridgehead atoms. The van der Waals surface area contributed by atoms with E-state index in [-0.39, 0.29) is 16.5 Å². The van der Waals surface area contributed by atoms with Gasteiger partial charge in [-0.15, -0.1) is 0 Å². The molecule has 0 amide bonds. The van der Waals surface area contributed by atoms with Crippen LogP contribution in [0.3, 0.4) is 0 Å². The Morgan fingerprint density at radius 3 is 1.65 bits per heavy atom. The summed E-state index contributed by atoms with van der Waals surface area (Å²) in [5.74, 6) is -2.69. The first-order valence-electron chi connectivity index (χ1n) is 9.04. The third-order valence-corrected chi connectivity index (χ3v) is 14.5. The highest BCUT2D eigenvalue weighted by Gasteiger charge is 2.51. The van der Waals surface area contributed by atoms with Crippen LogP contribution in [0.2, 0.25) is 36.3 Å². The molecular formula is C18H34O6Si2. The molecule has 0 aromatic carbocycles. The summed E-state index contributed by atoms with van der Waals surface area (Å²) in [4.78, 5) is 37.2. The Bertz CT molecular complexity index is 533. The zero-order valence-electron chi connectivity index (χ0n) is 17.8. The molecule has 2 atom stereocenters. The average Bonchev–Trinajstić information content (AvgIpc) is 2.77. The molecule has 0 radical (unpaired) electrons. The quantitative estimate of drug-likeness (QED) is 0.522. The Kier molecular flexibility index (Phi) is 6.25. The van der Waals surface area contributed by atoms with Crippen LogP contribution in [0, 0.1) is 5.92 Å². The fourth-order valence-corrected chi connectivity index (χ4v) is 3.81. The molecule has 1 fully saturated rings. The molecule has 0 aromatic heterocycles. The lowest BCUT2D eigenvalue weighted by Crippen LogP contribution is -2.48. The van der Waals surface area contributed by atoms with Gasteiger partial charge >= 0.3 is 17.9 Å². The predicted molar refractivity (Wildman–Crippen MR) is 105 cm³/mol. The Hall–Kier alpha value is -1.16. The van der Waals surface area contributed by atoms with E-state index in [4.69, 9.17) is 13.6 Å². The van der Waals surface area contributed by atoms with Crippen LogP contribution in [0.5, 0.6) is 0 Å². The number of esters is 1. The monoisotopic (exact) mass is 402 g/mol. The predicted octanol–water partition coefficient (Wildman–Crippen LogP) is 4.01. The molecule has 1 aliphatic heterocycles. The lowest BCUT2D eigenvalue weighted by Gasteiger charge is -2.37. The first-order valence-corrected chi connectivity index (χ1v) is 14.9. The molecule has 0 saturated carbocycles. The highest BCUT2D eigenvalue weighted by atomic mass is 28.4. The van der Waals surface area contributed by atoms with Crippen molar-refractivity contribution in [3.63, 3.8) is 0 Å². The number of ether oxygens (including phenoxy) is 1. The molecule has 26 heavy (non-hydrogen) atoms. The standard InChI is InChI=1S/C18H34O6Si2/c1-17(2,3)25(7,8)23-15(20)12-11-13(19)22-14(12)16(21)24-26(9,10)18(4,5)6/h12,14H,11H2,1-10H3. The minimum Gasteiger partial charge on any atom is -0.519 e. The van der Waals surface area contributed by atoms with Crippen molar-refractivity contribution >= 4 is 34.5 Å². The summed E-state index contributed by atoms with van der Waals surface area (Å²) in [6.45, 7) is 19.9. The lowest BCUT2D eigenvalue weighted by molar-refractivity contribution is -0.160. The average molecular weight is 403 g/mol. The van der Waals surface area contributed by atoms with Crippen molar-refractivity contribution in [3.05, 3.63) is 0 Å². The molecule has 0 aromatic rings. The van der Waals surface area contributed by atoms with Gasteiger partial charge < -0.3 is 13.6 Å². The van der Waals surface area contributed by atoms with Crippen LogP contribution in [0.15, 0.2) is 0 Å². The molecule has 1 aliphatic rings. The van der Waals surface area contributed by atoms with Gasteiger partial charge in [0.05, 0.1) is 6.42 Å². The highest BCUT2D eigenvalue weighted by Crippen LogP contribution is 2.39. The van der Waals surface area contributed by atoms with Crippen molar-refractivity contribution in [2.75, 3.05) is 0 Å². The van der Waals surface area contributed by atoms with Crippen molar-refractivity contribution < 1.29 is 28.0 Å². The number of cyclic esters (lactones) is 1. The van der Waals surface area contributed by atoms with Crippen LogP contribution in [0.4, 0.5) is 0 Å². The van der Waals surface area contributed by atoms with Crippen LogP contribution < -0.4 is 0 Å². The molecule has 0 spiro atoms. The van der Waals surface area contributed by atoms with Crippen molar-refractivity contribution in [2.45, 2.75) is 90.3 Å². The molecule has 1 rings (SSSR count). The van der Waals surface area contributed by atoms with Crippen molar-refractivity contribution in [1.29, 1.82) is 0 Å². The van der Waals surface area contributed by atoms with Crippen molar-refractivity contribution in [2.24, 2.45) is 5.92 Å². The lowest BCUT2D eigenvalue weighted by atomic mass is 10.0. The van der Waals surface area contributed by atoms with Gasteiger partial charge in [0, 0.05) is 0 Å².